The van der Waals surface area contributed by atoms with Gasteiger partial charge in [0.15, 0.2) is 0 Å². The van der Waals surface area contributed by atoms with Crippen molar-refractivity contribution in [2.24, 2.45) is 7.05 Å². The van der Waals surface area contributed by atoms with Crippen molar-refractivity contribution in [3.63, 3.8) is 0 Å². The van der Waals surface area contributed by atoms with Gasteiger partial charge in [0.25, 0.3) is 11.5 Å². The van der Waals surface area contributed by atoms with E-state index in [1.165, 1.54) is 4.57 Å². The van der Waals surface area contributed by atoms with Gasteiger partial charge in [-0.25, -0.2) is 0 Å². The minimum atomic E-state index is -0.298. The van der Waals surface area contributed by atoms with Crippen molar-refractivity contribution in [3.8, 4) is 11.1 Å². The Balaban J connectivity index is 1.90. The minimum Gasteiger partial charge on any atom is -0.347 e. The van der Waals surface area contributed by atoms with Crippen LogP contribution in [0.15, 0.2) is 71.5 Å². The van der Waals surface area contributed by atoms with E-state index in [1.54, 1.807) is 19.2 Å². The van der Waals surface area contributed by atoms with Gasteiger partial charge >= 0.3 is 0 Å². The van der Waals surface area contributed by atoms with Gasteiger partial charge in [-0.1, -0.05) is 60.1 Å². The summed E-state index contributed by atoms with van der Waals surface area (Å²) in [5.41, 5.74) is 4.86. The second kappa shape index (κ2) is 8.40. The molecule has 1 N–H and O–H groups in total. The van der Waals surface area contributed by atoms with Crippen LogP contribution in [0.1, 0.15) is 27.2 Å². The molecule has 0 fully saturated rings. The lowest BCUT2D eigenvalue weighted by Crippen LogP contribution is -2.32. The molecule has 4 rings (SSSR count). The van der Waals surface area contributed by atoms with Crippen LogP contribution in [0.25, 0.3) is 21.9 Å². The second-order valence-corrected chi connectivity index (χ2v) is 8.18. The van der Waals surface area contributed by atoms with Crippen LogP contribution < -0.4 is 10.9 Å². The van der Waals surface area contributed by atoms with E-state index in [4.69, 9.17) is 11.6 Å². The van der Waals surface area contributed by atoms with Crippen LogP contribution in [-0.2, 0) is 13.6 Å². The summed E-state index contributed by atoms with van der Waals surface area (Å²) in [5.74, 6) is -0.298. The molecular weight excluding hydrogens is 408 g/mol. The van der Waals surface area contributed by atoms with Gasteiger partial charge in [0.05, 0.1) is 0 Å². The van der Waals surface area contributed by atoms with Crippen molar-refractivity contribution in [2.75, 3.05) is 0 Å². The number of carbonyl (C=O) groups is 1. The van der Waals surface area contributed by atoms with E-state index in [1.807, 2.05) is 68.4 Å². The highest BCUT2D eigenvalue weighted by molar-refractivity contribution is 6.30. The summed E-state index contributed by atoms with van der Waals surface area (Å²) in [6, 6.07) is 21.0. The van der Waals surface area contributed by atoms with E-state index >= 15 is 0 Å². The van der Waals surface area contributed by atoms with Crippen molar-refractivity contribution < 1.29 is 4.79 Å². The molecule has 4 aromatic rings. The number of carbonyl (C=O) groups excluding carboxylic acids is 1. The minimum absolute atomic E-state index is 0.186. The van der Waals surface area contributed by atoms with E-state index in [9.17, 15) is 9.59 Å². The van der Waals surface area contributed by atoms with Crippen molar-refractivity contribution in [1.82, 2.24) is 9.88 Å². The SMILES string of the molecule is Cc1cc2c(-c3ccccc3)c(C(=O)NCc3ccc(Cl)cc3)n(C)c(=O)c2cc1C. The van der Waals surface area contributed by atoms with Gasteiger partial charge in [-0.3, -0.25) is 9.59 Å². The summed E-state index contributed by atoms with van der Waals surface area (Å²) < 4.78 is 1.45. The highest BCUT2D eigenvalue weighted by Crippen LogP contribution is 2.32. The molecule has 0 aliphatic carbocycles. The summed E-state index contributed by atoms with van der Waals surface area (Å²) >= 11 is 5.95. The molecule has 1 heterocycles. The third-order valence-electron chi connectivity index (χ3n) is 5.65. The second-order valence-electron chi connectivity index (χ2n) is 7.74. The molecule has 0 radical (unpaired) electrons. The van der Waals surface area contributed by atoms with Crippen LogP contribution in [-0.4, -0.2) is 10.5 Å². The molecule has 0 bridgehead atoms. The monoisotopic (exact) mass is 430 g/mol. The van der Waals surface area contributed by atoms with E-state index in [2.05, 4.69) is 5.32 Å². The molecule has 156 valence electrons. The number of rotatable bonds is 4. The quantitative estimate of drug-likeness (QED) is 0.471. The molecule has 0 aliphatic rings. The fourth-order valence-corrected chi connectivity index (χ4v) is 3.93. The summed E-state index contributed by atoms with van der Waals surface area (Å²) in [6.07, 6.45) is 0. The fraction of sp³-hybridized carbons (Fsp3) is 0.154. The number of benzene rings is 3. The van der Waals surface area contributed by atoms with Crippen LogP contribution in [0.5, 0.6) is 0 Å². The molecule has 0 spiro atoms. The van der Waals surface area contributed by atoms with Crippen molar-refractivity contribution in [2.45, 2.75) is 20.4 Å². The molecular formula is C26H23ClN2O2. The maximum Gasteiger partial charge on any atom is 0.268 e. The number of amides is 1. The number of nitrogens with zero attached hydrogens (tertiary/aromatic N) is 1. The predicted molar refractivity (Wildman–Crippen MR) is 127 cm³/mol. The number of hydrogen-bond donors (Lipinski definition) is 1. The lowest BCUT2D eigenvalue weighted by molar-refractivity contribution is 0.0942. The largest absolute Gasteiger partial charge is 0.347 e. The van der Waals surface area contributed by atoms with Gasteiger partial charge in [0, 0.05) is 29.6 Å². The number of nitrogens with one attached hydrogen (secondary N) is 1. The Kier molecular flexibility index (Phi) is 5.66. The lowest BCUT2D eigenvalue weighted by Gasteiger charge is -2.18. The molecule has 3 aromatic carbocycles. The number of aryl methyl sites for hydroxylation is 2. The molecule has 1 amide bonds. The molecule has 0 saturated heterocycles. The first-order valence-electron chi connectivity index (χ1n) is 10.1. The average Bonchev–Trinajstić information content (AvgIpc) is 2.77. The third kappa shape index (κ3) is 3.99. The van der Waals surface area contributed by atoms with E-state index in [-0.39, 0.29) is 11.5 Å². The Labute approximate surface area is 186 Å². The van der Waals surface area contributed by atoms with Crippen molar-refractivity contribution in [1.29, 1.82) is 0 Å². The highest BCUT2D eigenvalue weighted by atomic mass is 35.5. The van der Waals surface area contributed by atoms with Crippen LogP contribution >= 0.6 is 11.6 Å². The zero-order valence-corrected chi connectivity index (χ0v) is 18.5. The molecule has 1 aromatic heterocycles. The Morgan fingerprint density at radius 1 is 0.935 bits per heavy atom. The summed E-state index contributed by atoms with van der Waals surface area (Å²) in [7, 11) is 1.65. The first kappa shape index (κ1) is 20.9. The number of halogens is 1. The Morgan fingerprint density at radius 2 is 1.55 bits per heavy atom. The maximum atomic E-state index is 13.4. The zero-order chi connectivity index (χ0) is 22.1. The Bertz CT molecular complexity index is 1340. The summed E-state index contributed by atoms with van der Waals surface area (Å²) in [5, 5.41) is 5.00. The molecule has 0 atom stereocenters. The van der Waals surface area contributed by atoms with Gasteiger partial charge in [0.1, 0.15) is 5.69 Å². The zero-order valence-electron chi connectivity index (χ0n) is 17.7. The topological polar surface area (TPSA) is 51.1 Å². The van der Waals surface area contributed by atoms with Crippen molar-refractivity contribution in [3.05, 3.63) is 104 Å². The molecule has 31 heavy (non-hydrogen) atoms. The van der Waals surface area contributed by atoms with Crippen LogP contribution in [0.3, 0.4) is 0 Å². The molecule has 5 heteroatoms. The summed E-state index contributed by atoms with van der Waals surface area (Å²) in [4.78, 5) is 26.5. The normalized spacial score (nSPS) is 11.0. The first-order valence-corrected chi connectivity index (χ1v) is 10.5. The summed E-state index contributed by atoms with van der Waals surface area (Å²) in [6.45, 7) is 4.34. The molecule has 0 unspecified atom stereocenters. The van der Waals surface area contributed by atoms with Gasteiger partial charge in [-0.2, -0.15) is 0 Å². The van der Waals surface area contributed by atoms with Gasteiger partial charge in [0.2, 0.25) is 0 Å². The van der Waals surface area contributed by atoms with Gasteiger partial charge in [-0.15, -0.1) is 0 Å². The van der Waals surface area contributed by atoms with Crippen LogP contribution in [0.2, 0.25) is 5.02 Å². The highest BCUT2D eigenvalue weighted by Gasteiger charge is 2.22. The van der Waals surface area contributed by atoms with E-state index in [0.717, 1.165) is 33.2 Å². The van der Waals surface area contributed by atoms with E-state index in [0.29, 0.717) is 22.6 Å². The molecule has 0 saturated carbocycles. The van der Waals surface area contributed by atoms with Gasteiger partial charge in [-0.05, 0) is 59.7 Å². The number of aromatic nitrogens is 1. The maximum absolute atomic E-state index is 13.4. The number of pyridine rings is 1. The van der Waals surface area contributed by atoms with Crippen LogP contribution in [0.4, 0.5) is 0 Å². The number of hydrogen-bond acceptors (Lipinski definition) is 2. The Morgan fingerprint density at radius 3 is 2.19 bits per heavy atom. The molecule has 4 nitrogen and oxygen atoms in total. The standard InChI is InChI=1S/C26H23ClN2O2/c1-16-13-21-22(14-17(16)2)26(31)29(3)24(23(21)19-7-5-4-6-8-19)25(30)28-15-18-9-11-20(27)12-10-18/h4-14H,15H2,1-3H3,(H,28,30). The van der Waals surface area contributed by atoms with Crippen molar-refractivity contribution >= 4 is 28.3 Å². The Hall–Kier alpha value is -3.37. The van der Waals surface area contributed by atoms with Crippen LogP contribution in [0, 0.1) is 13.8 Å². The van der Waals surface area contributed by atoms with E-state index < -0.39 is 0 Å². The third-order valence-corrected chi connectivity index (χ3v) is 5.91. The smallest absolute Gasteiger partial charge is 0.268 e. The fourth-order valence-electron chi connectivity index (χ4n) is 3.81. The average molecular weight is 431 g/mol. The van der Waals surface area contributed by atoms with Gasteiger partial charge < -0.3 is 9.88 Å². The number of fused-ring (bicyclic) bond motifs is 1. The molecule has 0 aliphatic heterocycles. The first-order chi connectivity index (χ1) is 14.9. The lowest BCUT2D eigenvalue weighted by atomic mass is 9.93. The predicted octanol–water partition coefficient (Wildman–Crippen LogP) is 5.41.